The molecule has 168 valence electrons. The molecule has 8 nitrogen and oxygen atoms in total. The van der Waals surface area contributed by atoms with Crippen LogP contribution in [0, 0.1) is 10.1 Å². The number of halogens is 1. The first kappa shape index (κ1) is 23.5. The van der Waals surface area contributed by atoms with Crippen molar-refractivity contribution in [1.29, 1.82) is 0 Å². The Hall–Kier alpha value is -4.17. The Balaban J connectivity index is 1.61. The van der Waals surface area contributed by atoms with Crippen LogP contribution in [-0.2, 0) is 9.53 Å². The van der Waals surface area contributed by atoms with Gasteiger partial charge in [-0.3, -0.25) is 14.9 Å². The first-order chi connectivity index (χ1) is 15.9. The Morgan fingerprint density at radius 3 is 2.27 bits per heavy atom. The second-order valence-electron chi connectivity index (χ2n) is 6.66. The summed E-state index contributed by atoms with van der Waals surface area (Å²) < 4.78 is 10.6. The fourth-order valence-electron chi connectivity index (χ4n) is 2.74. The number of amides is 1. The van der Waals surface area contributed by atoms with E-state index in [1.54, 1.807) is 61.5 Å². The van der Waals surface area contributed by atoms with Gasteiger partial charge in [0.1, 0.15) is 11.5 Å². The van der Waals surface area contributed by atoms with E-state index in [2.05, 4.69) is 5.32 Å². The van der Waals surface area contributed by atoms with Gasteiger partial charge >= 0.3 is 5.97 Å². The summed E-state index contributed by atoms with van der Waals surface area (Å²) >= 11 is 6.01. The van der Waals surface area contributed by atoms with Crippen molar-refractivity contribution in [3.05, 3.63) is 99.1 Å². The number of hydrogen-bond donors (Lipinski definition) is 1. The van der Waals surface area contributed by atoms with Gasteiger partial charge in [0.25, 0.3) is 11.6 Å². The lowest BCUT2D eigenvalue weighted by atomic mass is 10.2. The van der Waals surface area contributed by atoms with Crippen LogP contribution in [0.15, 0.2) is 72.8 Å². The van der Waals surface area contributed by atoms with E-state index in [1.807, 2.05) is 0 Å². The molecule has 0 unspecified atom stereocenters. The van der Waals surface area contributed by atoms with Gasteiger partial charge in [0.15, 0.2) is 0 Å². The molecule has 0 fully saturated rings. The van der Waals surface area contributed by atoms with E-state index in [9.17, 15) is 19.7 Å². The van der Waals surface area contributed by atoms with Crippen LogP contribution in [0.1, 0.15) is 22.8 Å². The lowest BCUT2D eigenvalue weighted by molar-refractivity contribution is -0.384. The van der Waals surface area contributed by atoms with E-state index in [-0.39, 0.29) is 16.3 Å². The highest BCUT2D eigenvalue weighted by atomic mass is 35.5. The van der Waals surface area contributed by atoms with E-state index in [1.165, 1.54) is 18.2 Å². The normalized spacial score (nSPS) is 10.6. The fourth-order valence-corrected chi connectivity index (χ4v) is 2.95. The molecule has 3 rings (SSSR count). The molecule has 0 atom stereocenters. The summed E-state index contributed by atoms with van der Waals surface area (Å²) in [6.45, 7) is 2.06. The molecule has 0 aliphatic heterocycles. The van der Waals surface area contributed by atoms with Crippen molar-refractivity contribution in [3.8, 4) is 11.5 Å². The largest absolute Gasteiger partial charge is 0.463 e. The van der Waals surface area contributed by atoms with Gasteiger partial charge in [-0.2, -0.15) is 0 Å². The van der Waals surface area contributed by atoms with Crippen LogP contribution < -0.4 is 10.1 Å². The molecule has 0 aliphatic rings. The minimum atomic E-state index is -0.595. The molecule has 0 bridgehead atoms. The number of nitrogens with one attached hydrogen (secondary N) is 1. The lowest BCUT2D eigenvalue weighted by Crippen LogP contribution is -2.12. The number of hydrogen-bond acceptors (Lipinski definition) is 6. The summed E-state index contributed by atoms with van der Waals surface area (Å²) in [4.78, 5) is 34.2. The van der Waals surface area contributed by atoms with E-state index >= 15 is 0 Å². The van der Waals surface area contributed by atoms with Gasteiger partial charge in [0.2, 0.25) is 0 Å². The zero-order valence-electron chi connectivity index (χ0n) is 17.5. The van der Waals surface area contributed by atoms with Crippen molar-refractivity contribution in [2.24, 2.45) is 0 Å². The van der Waals surface area contributed by atoms with Gasteiger partial charge in [0.05, 0.1) is 22.1 Å². The molecular formula is C24H19ClN2O6. The zero-order chi connectivity index (χ0) is 23.8. The summed E-state index contributed by atoms with van der Waals surface area (Å²) in [6, 6.07) is 17.4. The Morgan fingerprint density at radius 1 is 1.03 bits per heavy atom. The molecule has 0 saturated heterocycles. The Bertz CT molecular complexity index is 1190. The van der Waals surface area contributed by atoms with Crippen LogP contribution in [0.25, 0.3) is 6.08 Å². The molecule has 9 heteroatoms. The van der Waals surface area contributed by atoms with E-state index in [0.29, 0.717) is 23.8 Å². The smallest absolute Gasteiger partial charge is 0.330 e. The van der Waals surface area contributed by atoms with Crippen LogP contribution in [0.2, 0.25) is 5.02 Å². The van der Waals surface area contributed by atoms with Gasteiger partial charge in [-0.05, 0) is 61.0 Å². The third kappa shape index (κ3) is 6.65. The van der Waals surface area contributed by atoms with Crippen molar-refractivity contribution >= 4 is 40.9 Å². The molecule has 1 N–H and O–H groups in total. The van der Waals surface area contributed by atoms with Gasteiger partial charge in [0, 0.05) is 23.9 Å². The highest BCUT2D eigenvalue weighted by Crippen LogP contribution is 2.26. The van der Waals surface area contributed by atoms with Crippen LogP contribution >= 0.6 is 11.6 Å². The molecule has 0 radical (unpaired) electrons. The second-order valence-corrected chi connectivity index (χ2v) is 7.06. The summed E-state index contributed by atoms with van der Waals surface area (Å²) in [5, 5.41) is 13.7. The third-order valence-electron chi connectivity index (χ3n) is 4.33. The van der Waals surface area contributed by atoms with Crippen LogP contribution in [-0.4, -0.2) is 23.4 Å². The monoisotopic (exact) mass is 466 g/mol. The van der Waals surface area contributed by atoms with E-state index in [4.69, 9.17) is 21.1 Å². The predicted molar refractivity (Wildman–Crippen MR) is 125 cm³/mol. The number of esters is 1. The SMILES string of the molecule is CCOC(=O)/C=C/c1ccc(Oc2ccc(NC(=O)c3cc([N+](=O)[O-])ccc3Cl)cc2)cc1. The number of carbonyl (C=O) groups is 2. The number of anilines is 1. The predicted octanol–water partition coefficient (Wildman–Crippen LogP) is 5.87. The third-order valence-corrected chi connectivity index (χ3v) is 4.66. The lowest BCUT2D eigenvalue weighted by Gasteiger charge is -2.09. The molecule has 0 spiro atoms. The number of ether oxygens (including phenoxy) is 2. The Morgan fingerprint density at radius 2 is 1.67 bits per heavy atom. The molecule has 1 amide bonds. The Labute approximate surface area is 194 Å². The summed E-state index contributed by atoms with van der Waals surface area (Å²) in [7, 11) is 0. The van der Waals surface area contributed by atoms with Gasteiger partial charge in [-0.1, -0.05) is 23.7 Å². The van der Waals surface area contributed by atoms with E-state index in [0.717, 1.165) is 11.6 Å². The number of nitrogens with zero attached hydrogens (tertiary/aromatic N) is 1. The molecule has 0 saturated carbocycles. The number of carbonyl (C=O) groups excluding carboxylic acids is 2. The summed E-state index contributed by atoms with van der Waals surface area (Å²) in [6.07, 6.45) is 3.00. The van der Waals surface area contributed by atoms with Gasteiger partial charge < -0.3 is 14.8 Å². The molecule has 3 aromatic carbocycles. The number of nitro groups is 1. The number of nitro benzene ring substituents is 1. The molecule has 33 heavy (non-hydrogen) atoms. The maximum atomic E-state index is 12.5. The molecule has 0 aliphatic carbocycles. The second kappa shape index (κ2) is 10.9. The van der Waals surface area contributed by atoms with Crippen molar-refractivity contribution in [2.45, 2.75) is 6.92 Å². The van der Waals surface area contributed by atoms with Gasteiger partial charge in [-0.15, -0.1) is 0 Å². The van der Waals surface area contributed by atoms with Crippen LogP contribution in [0.4, 0.5) is 11.4 Å². The van der Waals surface area contributed by atoms with Crippen molar-refractivity contribution in [2.75, 3.05) is 11.9 Å². The first-order valence-corrected chi connectivity index (χ1v) is 10.2. The van der Waals surface area contributed by atoms with Crippen LogP contribution in [0.3, 0.4) is 0 Å². The van der Waals surface area contributed by atoms with Crippen molar-refractivity contribution < 1.29 is 24.0 Å². The standard InChI is InChI=1S/C24H19ClN2O6/c1-2-32-23(28)14-5-16-3-9-19(10-4-16)33-20-11-6-17(7-12-20)26-24(29)21-15-18(27(30)31)8-13-22(21)25/h3-15H,2H2,1H3,(H,26,29)/b14-5+. The summed E-state index contributed by atoms with van der Waals surface area (Å²) in [5.41, 5.74) is 1.06. The molecule has 0 aromatic heterocycles. The maximum absolute atomic E-state index is 12.5. The van der Waals surface area contributed by atoms with Crippen LogP contribution in [0.5, 0.6) is 11.5 Å². The van der Waals surface area contributed by atoms with Gasteiger partial charge in [-0.25, -0.2) is 4.79 Å². The average molecular weight is 467 g/mol. The zero-order valence-corrected chi connectivity index (χ0v) is 18.2. The summed E-state index contributed by atoms with van der Waals surface area (Å²) in [5.74, 6) is 0.154. The highest BCUT2D eigenvalue weighted by Gasteiger charge is 2.16. The number of non-ortho nitro benzene ring substituents is 1. The molecular weight excluding hydrogens is 448 g/mol. The minimum Gasteiger partial charge on any atom is -0.463 e. The topological polar surface area (TPSA) is 108 Å². The average Bonchev–Trinajstić information content (AvgIpc) is 2.80. The first-order valence-electron chi connectivity index (χ1n) is 9.84. The quantitative estimate of drug-likeness (QED) is 0.192. The number of rotatable bonds is 8. The highest BCUT2D eigenvalue weighted by molar-refractivity contribution is 6.34. The van der Waals surface area contributed by atoms with Crippen molar-refractivity contribution in [1.82, 2.24) is 0 Å². The fraction of sp³-hybridized carbons (Fsp3) is 0.0833. The minimum absolute atomic E-state index is 0.00305. The molecule has 3 aromatic rings. The van der Waals surface area contributed by atoms with E-state index < -0.39 is 16.8 Å². The Kier molecular flexibility index (Phi) is 7.77. The number of benzene rings is 3. The van der Waals surface area contributed by atoms with Crippen molar-refractivity contribution in [3.63, 3.8) is 0 Å². The maximum Gasteiger partial charge on any atom is 0.330 e. The molecule has 0 heterocycles.